The van der Waals surface area contributed by atoms with E-state index in [4.69, 9.17) is 9.47 Å². The molecular weight excluding hydrogens is 286 g/mol. The summed E-state index contributed by atoms with van der Waals surface area (Å²) in [7, 11) is 0. The highest BCUT2D eigenvalue weighted by Gasteiger charge is 2.17. The van der Waals surface area contributed by atoms with Crippen LogP contribution in [0, 0.1) is 0 Å². The van der Waals surface area contributed by atoms with Gasteiger partial charge >= 0.3 is 0 Å². The van der Waals surface area contributed by atoms with Crippen LogP contribution in [-0.2, 0) is 13.2 Å². The topological polar surface area (TPSA) is 35.1 Å². The molecule has 0 fully saturated rings. The molecule has 3 nitrogen and oxygen atoms in total. The zero-order chi connectivity index (χ0) is 16.7. The zero-order valence-corrected chi connectivity index (χ0v) is 14.6. The molecule has 0 aliphatic heterocycles. The third-order valence-corrected chi connectivity index (χ3v) is 3.52. The van der Waals surface area contributed by atoms with Crippen molar-refractivity contribution < 1.29 is 14.8 Å². The molecule has 2 rings (SSSR count). The fraction of sp³-hybridized carbons (Fsp3) is 0.400. The van der Waals surface area contributed by atoms with Crippen molar-refractivity contribution >= 4 is 0 Å². The number of hydrogen-bond acceptors (Lipinski definition) is 2. The third-order valence-electron chi connectivity index (χ3n) is 3.52. The first kappa shape index (κ1) is 17.4. The van der Waals surface area contributed by atoms with Crippen LogP contribution in [0.3, 0.4) is 0 Å². The van der Waals surface area contributed by atoms with Gasteiger partial charge in [0, 0.05) is 0 Å². The molecular formula is C20H28NO2+. The van der Waals surface area contributed by atoms with Crippen molar-refractivity contribution in [2.45, 2.75) is 46.4 Å². The molecule has 0 saturated carbocycles. The summed E-state index contributed by atoms with van der Waals surface area (Å²) in [4.78, 5) is 0. The van der Waals surface area contributed by atoms with Gasteiger partial charge in [-0.3, -0.25) is 0 Å². The summed E-state index contributed by atoms with van der Waals surface area (Å²) in [5.74, 6) is 1.68. The second-order valence-corrected chi connectivity index (χ2v) is 6.73. The van der Waals surface area contributed by atoms with E-state index in [1.807, 2.05) is 37.3 Å². The Hall–Kier alpha value is -2.00. The molecule has 2 aromatic carbocycles. The summed E-state index contributed by atoms with van der Waals surface area (Å²) in [6, 6.07) is 16.3. The molecule has 0 aliphatic rings. The van der Waals surface area contributed by atoms with Crippen LogP contribution < -0.4 is 14.8 Å². The van der Waals surface area contributed by atoms with Crippen LogP contribution >= 0.6 is 0 Å². The summed E-state index contributed by atoms with van der Waals surface area (Å²) in [5, 5.41) is 2.31. The average molecular weight is 314 g/mol. The molecule has 0 amide bonds. The predicted octanol–water partition coefficient (Wildman–Crippen LogP) is 3.53. The summed E-state index contributed by atoms with van der Waals surface area (Å²) in [5.41, 5.74) is 2.50. The van der Waals surface area contributed by atoms with Crippen LogP contribution in [-0.4, -0.2) is 12.1 Å². The van der Waals surface area contributed by atoms with E-state index in [2.05, 4.69) is 44.3 Å². The molecule has 2 N–H and O–H groups in total. The molecule has 0 heterocycles. The summed E-state index contributed by atoms with van der Waals surface area (Å²) in [6.07, 6.45) is 0. The van der Waals surface area contributed by atoms with E-state index in [0.29, 0.717) is 13.2 Å². The van der Waals surface area contributed by atoms with Gasteiger partial charge < -0.3 is 14.8 Å². The van der Waals surface area contributed by atoms with Crippen LogP contribution in [0.25, 0.3) is 0 Å². The third kappa shape index (κ3) is 5.61. The fourth-order valence-corrected chi connectivity index (χ4v) is 2.30. The van der Waals surface area contributed by atoms with Gasteiger partial charge in [0.05, 0.1) is 17.7 Å². The van der Waals surface area contributed by atoms with Crippen LogP contribution in [0.4, 0.5) is 0 Å². The lowest BCUT2D eigenvalue weighted by atomic mass is 10.1. The standard InChI is InChI=1S/C20H27NO2/c1-5-22-18-13-9-12-17(14-21-20(2,3)4)19(18)23-15-16-10-7-6-8-11-16/h6-13,21H,5,14-15H2,1-4H3/p+1. The van der Waals surface area contributed by atoms with Gasteiger partial charge in [0.2, 0.25) is 0 Å². The van der Waals surface area contributed by atoms with Gasteiger partial charge in [0.1, 0.15) is 13.2 Å². The number of ether oxygens (including phenoxy) is 2. The molecule has 124 valence electrons. The number of quaternary nitrogens is 1. The number of nitrogens with two attached hydrogens (primary N) is 1. The molecule has 0 radical (unpaired) electrons. The maximum Gasteiger partial charge on any atom is 0.170 e. The van der Waals surface area contributed by atoms with Crippen molar-refractivity contribution in [3.8, 4) is 11.5 Å². The first-order chi connectivity index (χ1) is 11.0. The van der Waals surface area contributed by atoms with Gasteiger partial charge in [0.25, 0.3) is 0 Å². The van der Waals surface area contributed by atoms with Crippen molar-refractivity contribution in [2.75, 3.05) is 6.61 Å². The minimum atomic E-state index is 0.179. The number of rotatable bonds is 7. The van der Waals surface area contributed by atoms with Crippen LogP contribution in [0.15, 0.2) is 48.5 Å². The van der Waals surface area contributed by atoms with Crippen molar-refractivity contribution in [2.24, 2.45) is 0 Å². The maximum absolute atomic E-state index is 6.13. The maximum atomic E-state index is 6.13. The smallest absolute Gasteiger partial charge is 0.170 e. The minimum Gasteiger partial charge on any atom is -0.490 e. The monoisotopic (exact) mass is 314 g/mol. The molecule has 0 atom stereocenters. The van der Waals surface area contributed by atoms with Crippen LogP contribution in [0.2, 0.25) is 0 Å². The highest BCUT2D eigenvalue weighted by atomic mass is 16.5. The molecule has 3 heteroatoms. The SMILES string of the molecule is CCOc1cccc(C[NH2+]C(C)(C)C)c1OCc1ccccc1. The highest BCUT2D eigenvalue weighted by molar-refractivity contribution is 5.46. The van der Waals surface area contributed by atoms with E-state index >= 15 is 0 Å². The van der Waals surface area contributed by atoms with E-state index < -0.39 is 0 Å². The Bertz CT molecular complexity index is 603. The van der Waals surface area contributed by atoms with Gasteiger partial charge in [-0.2, -0.15) is 0 Å². The molecule has 0 saturated heterocycles. The van der Waals surface area contributed by atoms with Gasteiger partial charge in [-0.05, 0) is 45.4 Å². The summed E-state index contributed by atoms with van der Waals surface area (Å²) >= 11 is 0. The normalized spacial score (nSPS) is 11.3. The van der Waals surface area contributed by atoms with Gasteiger partial charge in [0.15, 0.2) is 11.5 Å². The molecule has 0 unspecified atom stereocenters. The van der Waals surface area contributed by atoms with E-state index in [0.717, 1.165) is 23.6 Å². The van der Waals surface area contributed by atoms with Crippen molar-refractivity contribution in [1.82, 2.24) is 0 Å². The molecule has 23 heavy (non-hydrogen) atoms. The lowest BCUT2D eigenvalue weighted by Gasteiger charge is -2.20. The summed E-state index contributed by atoms with van der Waals surface area (Å²) < 4.78 is 11.9. The quantitative estimate of drug-likeness (QED) is 0.848. The second-order valence-electron chi connectivity index (χ2n) is 6.73. The predicted molar refractivity (Wildman–Crippen MR) is 93.8 cm³/mol. The Morgan fingerprint density at radius 1 is 0.913 bits per heavy atom. The number of para-hydroxylation sites is 1. The average Bonchev–Trinajstić information content (AvgIpc) is 2.52. The Morgan fingerprint density at radius 2 is 1.65 bits per heavy atom. The molecule has 2 aromatic rings. The Labute approximate surface area is 139 Å². The molecule has 0 bridgehead atoms. The van der Waals surface area contributed by atoms with Crippen LogP contribution in [0.5, 0.6) is 11.5 Å². The van der Waals surface area contributed by atoms with Gasteiger partial charge in [-0.1, -0.05) is 36.4 Å². The number of hydrogen-bond donors (Lipinski definition) is 1. The molecule has 0 aromatic heterocycles. The lowest BCUT2D eigenvalue weighted by molar-refractivity contribution is -0.731. The van der Waals surface area contributed by atoms with Gasteiger partial charge in [-0.15, -0.1) is 0 Å². The lowest BCUT2D eigenvalue weighted by Crippen LogP contribution is -2.92. The van der Waals surface area contributed by atoms with Gasteiger partial charge in [-0.25, -0.2) is 0 Å². The minimum absolute atomic E-state index is 0.179. The number of benzene rings is 2. The van der Waals surface area contributed by atoms with Crippen LogP contribution in [0.1, 0.15) is 38.8 Å². The Kier molecular flexibility index (Phi) is 6.05. The Morgan fingerprint density at radius 3 is 2.30 bits per heavy atom. The van der Waals surface area contributed by atoms with E-state index in [-0.39, 0.29) is 5.54 Å². The van der Waals surface area contributed by atoms with Crippen molar-refractivity contribution in [3.63, 3.8) is 0 Å². The van der Waals surface area contributed by atoms with E-state index in [9.17, 15) is 0 Å². The molecule has 0 aliphatic carbocycles. The highest BCUT2D eigenvalue weighted by Crippen LogP contribution is 2.31. The first-order valence-electron chi connectivity index (χ1n) is 8.25. The fourth-order valence-electron chi connectivity index (χ4n) is 2.30. The largest absolute Gasteiger partial charge is 0.490 e. The first-order valence-corrected chi connectivity index (χ1v) is 8.25. The van der Waals surface area contributed by atoms with Crippen molar-refractivity contribution in [1.29, 1.82) is 0 Å². The van der Waals surface area contributed by atoms with E-state index in [1.165, 1.54) is 5.56 Å². The zero-order valence-electron chi connectivity index (χ0n) is 14.6. The van der Waals surface area contributed by atoms with Crippen molar-refractivity contribution in [3.05, 3.63) is 59.7 Å². The summed E-state index contributed by atoms with van der Waals surface area (Å²) in [6.45, 7) is 10.7. The van der Waals surface area contributed by atoms with E-state index in [1.54, 1.807) is 0 Å². The Balaban J connectivity index is 2.18. The second kappa shape index (κ2) is 8.02. The molecule has 0 spiro atoms.